The minimum Gasteiger partial charge on any atom is -0.355 e. The Morgan fingerprint density at radius 3 is 2.47 bits per heavy atom. The van der Waals surface area contributed by atoms with E-state index in [-0.39, 0.29) is 0 Å². The molecule has 0 atom stereocenters. The lowest BCUT2D eigenvalue weighted by Gasteiger charge is -2.18. The Bertz CT molecular complexity index is 482. The van der Waals surface area contributed by atoms with Gasteiger partial charge in [0.1, 0.15) is 5.82 Å². The first kappa shape index (κ1) is 12.4. The monoisotopic (exact) mass is 310 g/mol. The van der Waals surface area contributed by atoms with Crippen LogP contribution in [0.1, 0.15) is 5.56 Å². The van der Waals surface area contributed by atoms with Crippen molar-refractivity contribution in [2.45, 2.75) is 6.54 Å². The summed E-state index contributed by atoms with van der Waals surface area (Å²) in [6, 6.07) is 12.0. The lowest BCUT2D eigenvalue weighted by Crippen LogP contribution is -2.17. The maximum atomic E-state index is 5.81. The molecule has 0 spiro atoms. The van der Waals surface area contributed by atoms with Gasteiger partial charge in [0, 0.05) is 24.3 Å². The summed E-state index contributed by atoms with van der Waals surface area (Å²) in [6.45, 7) is 0.821. The van der Waals surface area contributed by atoms with Gasteiger partial charge in [0.15, 0.2) is 0 Å². The first-order valence-electron chi connectivity index (χ1n) is 5.22. The first-order valence-corrected chi connectivity index (χ1v) is 6.39. The topological polar surface area (TPSA) is 16.1 Å². The summed E-state index contributed by atoms with van der Waals surface area (Å²) in [7, 11) is 2.01. The molecule has 0 bridgehead atoms. The maximum absolute atomic E-state index is 5.81. The molecule has 0 unspecified atom stereocenters. The summed E-state index contributed by atoms with van der Waals surface area (Å²) in [5.41, 5.74) is 1.24. The Morgan fingerprint density at radius 1 is 1.18 bits per heavy atom. The van der Waals surface area contributed by atoms with E-state index >= 15 is 0 Å². The molecule has 1 aromatic heterocycles. The van der Waals surface area contributed by atoms with Crippen LogP contribution in [0.15, 0.2) is 47.1 Å². The van der Waals surface area contributed by atoms with Crippen LogP contribution in [0, 0.1) is 0 Å². The molecular formula is C13H12BrClN2. The predicted molar refractivity (Wildman–Crippen MR) is 75.5 cm³/mol. The van der Waals surface area contributed by atoms with E-state index < -0.39 is 0 Å². The van der Waals surface area contributed by atoms with Crippen molar-refractivity contribution in [2.75, 3.05) is 11.9 Å². The molecule has 2 aromatic rings. The number of hydrogen-bond donors (Lipinski definition) is 0. The highest BCUT2D eigenvalue weighted by Gasteiger charge is 2.03. The van der Waals surface area contributed by atoms with Crippen molar-refractivity contribution < 1.29 is 0 Å². The van der Waals surface area contributed by atoms with Crippen LogP contribution in [-0.2, 0) is 6.54 Å². The number of benzene rings is 1. The Hall–Kier alpha value is -1.06. The lowest BCUT2D eigenvalue weighted by molar-refractivity contribution is 0.898. The van der Waals surface area contributed by atoms with Gasteiger partial charge in [-0.15, -0.1) is 0 Å². The summed E-state index contributed by atoms with van der Waals surface area (Å²) >= 11 is 9.23. The van der Waals surface area contributed by atoms with E-state index in [2.05, 4.69) is 37.9 Å². The number of pyridine rings is 1. The molecule has 2 nitrogen and oxygen atoms in total. The lowest BCUT2D eigenvalue weighted by atomic mass is 10.2. The van der Waals surface area contributed by atoms with Crippen LogP contribution in [0.5, 0.6) is 0 Å². The maximum Gasteiger partial charge on any atom is 0.128 e. The number of nitrogens with zero attached hydrogens (tertiary/aromatic N) is 2. The highest BCUT2D eigenvalue weighted by Crippen LogP contribution is 2.16. The molecule has 0 saturated carbocycles. The minimum absolute atomic E-state index is 0.658. The van der Waals surface area contributed by atoms with Crippen molar-refractivity contribution in [2.24, 2.45) is 0 Å². The van der Waals surface area contributed by atoms with Crippen molar-refractivity contribution in [1.29, 1.82) is 0 Å². The number of rotatable bonds is 3. The van der Waals surface area contributed by atoms with Gasteiger partial charge in [-0.25, -0.2) is 4.98 Å². The molecule has 0 fully saturated rings. The van der Waals surface area contributed by atoms with Gasteiger partial charge in [0.25, 0.3) is 0 Å². The molecule has 0 radical (unpaired) electrons. The van der Waals surface area contributed by atoms with E-state index in [1.54, 1.807) is 6.20 Å². The van der Waals surface area contributed by atoms with E-state index in [0.29, 0.717) is 5.02 Å². The second kappa shape index (κ2) is 5.52. The van der Waals surface area contributed by atoms with Gasteiger partial charge in [-0.1, -0.05) is 39.7 Å². The van der Waals surface area contributed by atoms with E-state index in [1.165, 1.54) is 5.56 Å². The second-order valence-corrected chi connectivity index (χ2v) is 5.17. The number of hydrogen-bond acceptors (Lipinski definition) is 2. The Labute approximate surface area is 114 Å². The van der Waals surface area contributed by atoms with Gasteiger partial charge in [-0.2, -0.15) is 0 Å². The van der Waals surface area contributed by atoms with Gasteiger partial charge in [-0.05, 0) is 29.8 Å². The van der Waals surface area contributed by atoms with Crippen molar-refractivity contribution >= 4 is 33.3 Å². The average molecular weight is 312 g/mol. The fraction of sp³-hybridized carbons (Fsp3) is 0.154. The van der Waals surface area contributed by atoms with Crippen molar-refractivity contribution in [3.63, 3.8) is 0 Å². The van der Waals surface area contributed by atoms with Gasteiger partial charge in [-0.3, -0.25) is 0 Å². The molecule has 4 heteroatoms. The van der Waals surface area contributed by atoms with Gasteiger partial charge in [0.2, 0.25) is 0 Å². The highest BCUT2D eigenvalue weighted by molar-refractivity contribution is 9.10. The zero-order valence-electron chi connectivity index (χ0n) is 9.40. The van der Waals surface area contributed by atoms with Gasteiger partial charge < -0.3 is 4.90 Å². The normalized spacial score (nSPS) is 10.3. The summed E-state index contributed by atoms with van der Waals surface area (Å²) < 4.78 is 1.09. The van der Waals surface area contributed by atoms with Gasteiger partial charge >= 0.3 is 0 Å². The van der Waals surface area contributed by atoms with Crippen LogP contribution in [0.3, 0.4) is 0 Å². The van der Waals surface area contributed by atoms with Crippen LogP contribution in [0.4, 0.5) is 5.82 Å². The molecule has 0 aliphatic rings. The highest BCUT2D eigenvalue weighted by atomic mass is 79.9. The second-order valence-electron chi connectivity index (χ2n) is 3.82. The largest absolute Gasteiger partial charge is 0.355 e. The van der Waals surface area contributed by atoms with E-state index in [1.807, 2.05) is 31.3 Å². The molecule has 0 aliphatic carbocycles. The molecule has 0 saturated heterocycles. The number of halogens is 2. The standard InChI is InChI=1S/C13H12BrClN2/c1-17(13-7-6-12(15)8-16-13)9-10-2-4-11(14)5-3-10/h2-8H,9H2,1H3. The van der Waals surface area contributed by atoms with Crippen molar-refractivity contribution in [3.8, 4) is 0 Å². The third-order valence-electron chi connectivity index (χ3n) is 2.44. The fourth-order valence-electron chi connectivity index (χ4n) is 1.54. The van der Waals surface area contributed by atoms with E-state index in [0.717, 1.165) is 16.8 Å². The molecule has 17 heavy (non-hydrogen) atoms. The smallest absolute Gasteiger partial charge is 0.128 e. The van der Waals surface area contributed by atoms with Crippen LogP contribution in [-0.4, -0.2) is 12.0 Å². The fourth-order valence-corrected chi connectivity index (χ4v) is 1.91. The number of anilines is 1. The summed E-state index contributed by atoms with van der Waals surface area (Å²) in [5, 5.41) is 0.658. The summed E-state index contributed by atoms with van der Waals surface area (Å²) in [6.07, 6.45) is 1.66. The molecule has 0 aliphatic heterocycles. The van der Waals surface area contributed by atoms with Gasteiger partial charge in [0.05, 0.1) is 5.02 Å². The third-order valence-corrected chi connectivity index (χ3v) is 3.19. The molecule has 88 valence electrons. The predicted octanol–water partition coefficient (Wildman–Crippen LogP) is 4.13. The zero-order valence-corrected chi connectivity index (χ0v) is 11.7. The number of aromatic nitrogens is 1. The zero-order chi connectivity index (χ0) is 12.3. The SMILES string of the molecule is CN(Cc1ccc(Br)cc1)c1ccc(Cl)cn1. The first-order chi connectivity index (χ1) is 8.15. The molecule has 2 rings (SSSR count). The van der Waals surface area contributed by atoms with Crippen molar-refractivity contribution in [1.82, 2.24) is 4.98 Å². The van der Waals surface area contributed by atoms with Crippen LogP contribution >= 0.6 is 27.5 Å². The summed E-state index contributed by atoms with van der Waals surface area (Å²) in [4.78, 5) is 6.36. The van der Waals surface area contributed by atoms with Crippen LogP contribution in [0.2, 0.25) is 5.02 Å². The molecule has 1 heterocycles. The third kappa shape index (κ3) is 3.45. The van der Waals surface area contributed by atoms with Crippen LogP contribution < -0.4 is 4.90 Å². The van der Waals surface area contributed by atoms with E-state index in [9.17, 15) is 0 Å². The molecule has 1 aromatic carbocycles. The quantitative estimate of drug-likeness (QED) is 0.847. The Kier molecular flexibility index (Phi) is 4.02. The Morgan fingerprint density at radius 2 is 1.88 bits per heavy atom. The molecule has 0 N–H and O–H groups in total. The van der Waals surface area contributed by atoms with Crippen LogP contribution in [0.25, 0.3) is 0 Å². The molecular weight excluding hydrogens is 300 g/mol. The minimum atomic E-state index is 0.658. The van der Waals surface area contributed by atoms with Crippen molar-refractivity contribution in [3.05, 3.63) is 57.7 Å². The Balaban J connectivity index is 2.08. The summed E-state index contributed by atoms with van der Waals surface area (Å²) in [5.74, 6) is 0.914. The average Bonchev–Trinajstić information content (AvgIpc) is 2.33. The van der Waals surface area contributed by atoms with E-state index in [4.69, 9.17) is 11.6 Å². The molecule has 0 amide bonds.